The molecule has 26 heavy (non-hydrogen) atoms. The number of rotatable bonds is 7. The van der Waals surface area contributed by atoms with E-state index in [1.807, 2.05) is 35.7 Å². The molecule has 2 heterocycles. The van der Waals surface area contributed by atoms with E-state index in [0.717, 1.165) is 5.69 Å². The lowest BCUT2D eigenvalue weighted by Crippen LogP contribution is -2.25. The first-order chi connectivity index (χ1) is 12.7. The Balaban J connectivity index is 1.41. The van der Waals surface area contributed by atoms with Gasteiger partial charge in [0.1, 0.15) is 0 Å². The summed E-state index contributed by atoms with van der Waals surface area (Å²) in [6.07, 6.45) is 3.65. The third-order valence-corrected chi connectivity index (χ3v) is 6.90. The lowest BCUT2D eigenvalue weighted by molar-refractivity contribution is -0.116. The minimum absolute atomic E-state index is 0.0432. The first kappa shape index (κ1) is 18.9. The highest BCUT2D eigenvalue weighted by Crippen LogP contribution is 2.44. The molecule has 1 aromatic carbocycles. The molecule has 1 saturated heterocycles. The number of furan rings is 1. The molecule has 0 aliphatic carbocycles. The first-order valence-corrected chi connectivity index (χ1v) is 10.8. The van der Waals surface area contributed by atoms with Crippen molar-refractivity contribution in [1.29, 1.82) is 0 Å². The van der Waals surface area contributed by atoms with Crippen LogP contribution in [0.15, 0.2) is 47.1 Å². The zero-order valence-corrected chi connectivity index (χ0v) is 16.0. The van der Waals surface area contributed by atoms with Crippen molar-refractivity contribution in [2.45, 2.75) is 23.8 Å². The molecule has 0 atom stereocenters. The van der Waals surface area contributed by atoms with Gasteiger partial charge in [0.25, 0.3) is 5.91 Å². The van der Waals surface area contributed by atoms with Crippen molar-refractivity contribution in [3.8, 4) is 0 Å². The monoisotopic (exact) mass is 390 g/mol. The zero-order chi connectivity index (χ0) is 18.2. The fraction of sp³-hybridized carbons (Fsp3) is 0.368. The van der Waals surface area contributed by atoms with Crippen LogP contribution in [-0.4, -0.2) is 29.9 Å². The molecule has 138 valence electrons. The van der Waals surface area contributed by atoms with Crippen molar-refractivity contribution in [3.63, 3.8) is 0 Å². The van der Waals surface area contributed by atoms with Crippen LogP contribution in [0.2, 0.25) is 0 Å². The summed E-state index contributed by atoms with van der Waals surface area (Å²) in [7, 11) is 0. The van der Waals surface area contributed by atoms with Gasteiger partial charge in [0.2, 0.25) is 5.91 Å². The normalized spacial score (nSPS) is 14.8. The smallest absolute Gasteiger partial charge is 0.286 e. The highest BCUT2D eigenvalue weighted by Gasteiger charge is 2.17. The zero-order valence-electron chi connectivity index (χ0n) is 14.4. The predicted molar refractivity (Wildman–Crippen MR) is 108 cm³/mol. The molecule has 0 bridgehead atoms. The number of hydrogen-bond acceptors (Lipinski definition) is 5. The summed E-state index contributed by atoms with van der Waals surface area (Å²) in [4.78, 5) is 23.8. The second-order valence-electron chi connectivity index (χ2n) is 5.94. The van der Waals surface area contributed by atoms with Crippen LogP contribution in [0.1, 0.15) is 40.0 Å². The van der Waals surface area contributed by atoms with Crippen molar-refractivity contribution in [3.05, 3.63) is 54.0 Å². The summed E-state index contributed by atoms with van der Waals surface area (Å²) in [5.74, 6) is 2.37. The van der Waals surface area contributed by atoms with Crippen molar-refractivity contribution < 1.29 is 14.0 Å². The molecule has 7 heteroatoms. The molecular weight excluding hydrogens is 368 g/mol. The number of nitrogens with one attached hydrogen (secondary N) is 2. The van der Waals surface area contributed by atoms with Crippen LogP contribution < -0.4 is 10.6 Å². The molecule has 1 aliphatic rings. The highest BCUT2D eigenvalue weighted by atomic mass is 32.2. The summed E-state index contributed by atoms with van der Waals surface area (Å²) >= 11 is 3.93. The van der Waals surface area contributed by atoms with Crippen LogP contribution in [0.5, 0.6) is 0 Å². The lowest BCUT2D eigenvalue weighted by atomic mass is 10.2. The summed E-state index contributed by atoms with van der Waals surface area (Å²) in [6, 6.07) is 11.4. The molecule has 5 nitrogen and oxygen atoms in total. The fourth-order valence-electron chi connectivity index (χ4n) is 2.61. The molecule has 1 aliphatic heterocycles. The Hall–Kier alpha value is -1.86. The van der Waals surface area contributed by atoms with Crippen molar-refractivity contribution in [2.75, 3.05) is 23.4 Å². The Kier molecular flexibility index (Phi) is 7.08. The maximum atomic E-state index is 12.1. The van der Waals surface area contributed by atoms with E-state index in [4.69, 9.17) is 4.42 Å². The minimum Gasteiger partial charge on any atom is -0.459 e. The average Bonchev–Trinajstić information content (AvgIpc) is 3.21. The van der Waals surface area contributed by atoms with Gasteiger partial charge in [-0.3, -0.25) is 9.59 Å². The topological polar surface area (TPSA) is 71.3 Å². The van der Waals surface area contributed by atoms with E-state index < -0.39 is 0 Å². The van der Waals surface area contributed by atoms with Gasteiger partial charge in [-0.1, -0.05) is 12.1 Å². The number of anilines is 1. The van der Waals surface area contributed by atoms with E-state index in [9.17, 15) is 9.59 Å². The molecule has 2 N–H and O–H groups in total. The number of carbonyl (C=O) groups is 2. The maximum Gasteiger partial charge on any atom is 0.286 e. The summed E-state index contributed by atoms with van der Waals surface area (Å²) in [5, 5.41) is 5.69. The van der Waals surface area contributed by atoms with Gasteiger partial charge in [-0.2, -0.15) is 0 Å². The van der Waals surface area contributed by atoms with Gasteiger partial charge in [-0.05, 0) is 54.2 Å². The number of amides is 2. The van der Waals surface area contributed by atoms with Gasteiger partial charge in [-0.25, -0.2) is 0 Å². The Bertz CT molecular complexity index is 728. The largest absolute Gasteiger partial charge is 0.459 e. The molecule has 3 rings (SSSR count). The van der Waals surface area contributed by atoms with Gasteiger partial charge >= 0.3 is 0 Å². The third kappa shape index (κ3) is 5.57. The number of carbonyl (C=O) groups excluding carboxylic acids is 2. The Morgan fingerprint density at radius 2 is 2.00 bits per heavy atom. The van der Waals surface area contributed by atoms with E-state index in [1.54, 1.807) is 12.1 Å². The molecule has 0 radical (unpaired) electrons. The first-order valence-electron chi connectivity index (χ1n) is 8.67. The fourth-order valence-corrected chi connectivity index (χ4v) is 5.49. The predicted octanol–water partition coefficient (Wildman–Crippen LogP) is 4.30. The molecular formula is C19H22N2O3S2. The van der Waals surface area contributed by atoms with Gasteiger partial charge in [0.05, 0.1) is 10.8 Å². The Morgan fingerprint density at radius 1 is 1.15 bits per heavy atom. The average molecular weight is 391 g/mol. The van der Waals surface area contributed by atoms with Crippen LogP contribution in [0.3, 0.4) is 0 Å². The minimum atomic E-state index is -0.259. The molecule has 0 spiro atoms. The number of thioether (sulfide) groups is 2. The SMILES string of the molecule is O=C(CCCNC(=O)c1ccco1)Nc1cccc(C2SCCCS2)c1. The van der Waals surface area contributed by atoms with Crippen LogP contribution in [0.25, 0.3) is 0 Å². The van der Waals surface area contributed by atoms with Crippen LogP contribution in [0, 0.1) is 0 Å². The van der Waals surface area contributed by atoms with Crippen molar-refractivity contribution in [1.82, 2.24) is 5.32 Å². The molecule has 1 aromatic heterocycles. The maximum absolute atomic E-state index is 12.1. The van der Waals surface area contributed by atoms with E-state index in [0.29, 0.717) is 24.0 Å². The molecule has 2 aromatic rings. The second-order valence-corrected chi connectivity index (χ2v) is 8.66. The molecule has 2 amide bonds. The van der Waals surface area contributed by atoms with Gasteiger partial charge < -0.3 is 15.1 Å². The number of benzene rings is 1. The summed E-state index contributed by atoms with van der Waals surface area (Å²) < 4.78 is 5.47. The van der Waals surface area contributed by atoms with Crippen LogP contribution in [0.4, 0.5) is 5.69 Å². The quantitative estimate of drug-likeness (QED) is 0.690. The van der Waals surface area contributed by atoms with E-state index in [-0.39, 0.29) is 17.6 Å². The third-order valence-electron chi connectivity index (χ3n) is 3.88. The highest BCUT2D eigenvalue weighted by molar-refractivity contribution is 8.16. The Labute approximate surface area is 161 Å². The van der Waals surface area contributed by atoms with Gasteiger partial charge in [0, 0.05) is 18.7 Å². The number of hydrogen-bond donors (Lipinski definition) is 2. The second kappa shape index (κ2) is 9.73. The van der Waals surface area contributed by atoms with Gasteiger partial charge in [-0.15, -0.1) is 23.5 Å². The molecule has 0 unspecified atom stereocenters. The van der Waals surface area contributed by atoms with Crippen LogP contribution in [-0.2, 0) is 4.79 Å². The van der Waals surface area contributed by atoms with Crippen molar-refractivity contribution >= 4 is 41.0 Å². The standard InChI is InChI=1S/C19H22N2O3S2/c22-17(8-2-9-20-18(23)16-7-3-10-24-16)21-15-6-1-5-14(13-15)19-25-11-4-12-26-19/h1,3,5-7,10,13,19H,2,4,8-9,11-12H2,(H,20,23)(H,21,22). The van der Waals surface area contributed by atoms with Crippen LogP contribution >= 0.6 is 23.5 Å². The lowest BCUT2D eigenvalue weighted by Gasteiger charge is -2.21. The van der Waals surface area contributed by atoms with E-state index >= 15 is 0 Å². The summed E-state index contributed by atoms with van der Waals surface area (Å²) in [5.41, 5.74) is 2.09. The summed E-state index contributed by atoms with van der Waals surface area (Å²) in [6.45, 7) is 0.433. The van der Waals surface area contributed by atoms with E-state index in [2.05, 4.69) is 22.8 Å². The Morgan fingerprint density at radius 3 is 2.77 bits per heavy atom. The van der Waals surface area contributed by atoms with Gasteiger partial charge in [0.15, 0.2) is 5.76 Å². The molecule has 1 fully saturated rings. The molecule has 0 saturated carbocycles. The van der Waals surface area contributed by atoms with Crippen molar-refractivity contribution in [2.24, 2.45) is 0 Å². The van der Waals surface area contributed by atoms with E-state index in [1.165, 1.54) is 29.8 Å².